The van der Waals surface area contributed by atoms with Gasteiger partial charge in [0.1, 0.15) is 0 Å². The molecule has 0 unspecified atom stereocenters. The van der Waals surface area contributed by atoms with E-state index in [9.17, 15) is 0 Å². The van der Waals surface area contributed by atoms with Crippen LogP contribution in [0.1, 0.15) is 33.1 Å². The normalized spacial score (nSPS) is 20.4. The van der Waals surface area contributed by atoms with Gasteiger partial charge >= 0.3 is 0 Å². The summed E-state index contributed by atoms with van der Waals surface area (Å²) in [4.78, 5) is 7.45. The van der Waals surface area contributed by atoms with Crippen molar-refractivity contribution in [2.24, 2.45) is 5.73 Å². The first-order valence-electron chi connectivity index (χ1n) is 7.90. The van der Waals surface area contributed by atoms with Gasteiger partial charge in [0.25, 0.3) is 0 Å². The average Bonchev–Trinajstić information content (AvgIpc) is 2.43. The third-order valence-corrected chi connectivity index (χ3v) is 4.70. The van der Waals surface area contributed by atoms with Gasteiger partial charge in [0.2, 0.25) is 0 Å². The highest BCUT2D eigenvalue weighted by Gasteiger charge is 2.37. The van der Waals surface area contributed by atoms with E-state index in [-0.39, 0.29) is 5.54 Å². The molecule has 2 N–H and O–H groups in total. The summed E-state index contributed by atoms with van der Waals surface area (Å²) in [6.45, 7) is 12.4. The molecular formula is C15H34N4. The van der Waals surface area contributed by atoms with Crippen molar-refractivity contribution < 1.29 is 0 Å². The second-order valence-electron chi connectivity index (χ2n) is 6.10. The zero-order chi connectivity index (χ0) is 14.3. The summed E-state index contributed by atoms with van der Waals surface area (Å²) >= 11 is 0. The molecule has 4 nitrogen and oxygen atoms in total. The number of likely N-dealkylation sites (N-methyl/N-ethyl adjacent to an activating group) is 1. The lowest BCUT2D eigenvalue weighted by molar-refractivity contribution is 0.0298. The molecule has 0 radical (unpaired) electrons. The Morgan fingerprint density at radius 3 is 2.16 bits per heavy atom. The number of hydrogen-bond donors (Lipinski definition) is 1. The summed E-state index contributed by atoms with van der Waals surface area (Å²) in [5, 5.41) is 0. The lowest BCUT2D eigenvalue weighted by Gasteiger charge is -2.48. The van der Waals surface area contributed by atoms with Crippen molar-refractivity contribution in [1.82, 2.24) is 14.7 Å². The van der Waals surface area contributed by atoms with E-state index in [4.69, 9.17) is 5.73 Å². The summed E-state index contributed by atoms with van der Waals surface area (Å²) in [5.41, 5.74) is 6.42. The molecule has 1 fully saturated rings. The Balaban J connectivity index is 2.54. The van der Waals surface area contributed by atoms with Gasteiger partial charge in [-0.05, 0) is 72.6 Å². The Kier molecular flexibility index (Phi) is 7.29. The van der Waals surface area contributed by atoms with Crippen molar-refractivity contribution in [2.75, 3.05) is 59.9 Å². The van der Waals surface area contributed by atoms with Gasteiger partial charge in [0.05, 0.1) is 0 Å². The second kappa shape index (κ2) is 8.20. The van der Waals surface area contributed by atoms with Gasteiger partial charge in [-0.2, -0.15) is 0 Å². The molecule has 1 aliphatic heterocycles. The fourth-order valence-corrected chi connectivity index (χ4v) is 3.24. The molecule has 1 aliphatic rings. The van der Waals surface area contributed by atoms with E-state index in [1.54, 1.807) is 0 Å². The fourth-order valence-electron chi connectivity index (χ4n) is 3.24. The Hall–Kier alpha value is -0.160. The Morgan fingerprint density at radius 1 is 1.11 bits per heavy atom. The SMILES string of the molecule is CCN1CCC(CN)(N(CC)CCCN(C)C)CC1. The van der Waals surface area contributed by atoms with Crippen LogP contribution in [0.4, 0.5) is 0 Å². The lowest BCUT2D eigenvalue weighted by atomic mass is 9.85. The van der Waals surface area contributed by atoms with Crippen molar-refractivity contribution >= 4 is 0 Å². The van der Waals surface area contributed by atoms with E-state index >= 15 is 0 Å². The molecular weight excluding hydrogens is 236 g/mol. The number of nitrogens with zero attached hydrogens (tertiary/aromatic N) is 3. The third-order valence-electron chi connectivity index (χ3n) is 4.70. The van der Waals surface area contributed by atoms with Crippen molar-refractivity contribution in [1.29, 1.82) is 0 Å². The summed E-state index contributed by atoms with van der Waals surface area (Å²) in [5.74, 6) is 0. The molecule has 0 atom stereocenters. The maximum atomic E-state index is 6.16. The Labute approximate surface area is 119 Å². The lowest BCUT2D eigenvalue weighted by Crippen LogP contribution is -2.59. The van der Waals surface area contributed by atoms with E-state index < -0.39 is 0 Å². The highest BCUT2D eigenvalue weighted by molar-refractivity contribution is 4.96. The van der Waals surface area contributed by atoms with Gasteiger partial charge in [-0.1, -0.05) is 13.8 Å². The Morgan fingerprint density at radius 2 is 1.74 bits per heavy atom. The van der Waals surface area contributed by atoms with E-state index in [1.165, 1.54) is 45.4 Å². The van der Waals surface area contributed by atoms with E-state index in [1.807, 2.05) is 0 Å². The quantitative estimate of drug-likeness (QED) is 0.716. The number of rotatable bonds is 8. The maximum absolute atomic E-state index is 6.16. The number of hydrogen-bond acceptors (Lipinski definition) is 4. The van der Waals surface area contributed by atoms with Crippen molar-refractivity contribution in [3.8, 4) is 0 Å². The summed E-state index contributed by atoms with van der Waals surface area (Å²) < 4.78 is 0. The van der Waals surface area contributed by atoms with Crippen LogP contribution in [0.15, 0.2) is 0 Å². The van der Waals surface area contributed by atoms with Gasteiger partial charge in [-0.15, -0.1) is 0 Å². The fraction of sp³-hybridized carbons (Fsp3) is 1.00. The number of nitrogens with two attached hydrogens (primary N) is 1. The maximum Gasteiger partial charge on any atom is 0.0355 e. The van der Waals surface area contributed by atoms with Crippen LogP contribution in [0, 0.1) is 0 Å². The molecule has 0 saturated carbocycles. The molecule has 0 aromatic heterocycles. The van der Waals surface area contributed by atoms with Gasteiger partial charge in [0, 0.05) is 12.1 Å². The molecule has 0 aromatic carbocycles. The average molecular weight is 270 g/mol. The van der Waals surface area contributed by atoms with Crippen LogP contribution in [-0.2, 0) is 0 Å². The Bertz CT molecular complexity index is 234. The van der Waals surface area contributed by atoms with Gasteiger partial charge in [0.15, 0.2) is 0 Å². The molecule has 4 heteroatoms. The first-order valence-corrected chi connectivity index (χ1v) is 7.90. The third kappa shape index (κ3) is 4.71. The molecule has 1 rings (SSSR count). The first kappa shape index (κ1) is 16.9. The zero-order valence-corrected chi connectivity index (χ0v) is 13.5. The van der Waals surface area contributed by atoms with Crippen LogP contribution in [0.3, 0.4) is 0 Å². The van der Waals surface area contributed by atoms with Crippen LogP contribution >= 0.6 is 0 Å². The minimum Gasteiger partial charge on any atom is -0.329 e. The molecule has 0 amide bonds. The van der Waals surface area contributed by atoms with Crippen LogP contribution in [0.5, 0.6) is 0 Å². The molecule has 0 spiro atoms. The zero-order valence-electron chi connectivity index (χ0n) is 13.5. The van der Waals surface area contributed by atoms with Crippen molar-refractivity contribution in [3.63, 3.8) is 0 Å². The molecule has 0 aliphatic carbocycles. The van der Waals surface area contributed by atoms with Gasteiger partial charge < -0.3 is 15.5 Å². The first-order chi connectivity index (χ1) is 9.07. The van der Waals surface area contributed by atoms with Crippen LogP contribution in [0.2, 0.25) is 0 Å². The van der Waals surface area contributed by atoms with Gasteiger partial charge in [-0.25, -0.2) is 0 Å². The second-order valence-corrected chi connectivity index (χ2v) is 6.10. The largest absolute Gasteiger partial charge is 0.329 e. The van der Waals surface area contributed by atoms with E-state index in [2.05, 4.69) is 42.6 Å². The molecule has 19 heavy (non-hydrogen) atoms. The van der Waals surface area contributed by atoms with Crippen molar-refractivity contribution in [2.45, 2.75) is 38.6 Å². The standard InChI is InChI=1S/C15H34N4/c1-5-18-12-8-15(14-16,9-13-18)19(6-2)11-7-10-17(3)4/h5-14,16H2,1-4H3. The molecule has 114 valence electrons. The predicted molar refractivity (Wildman–Crippen MR) is 83.6 cm³/mol. The molecule has 0 bridgehead atoms. The summed E-state index contributed by atoms with van der Waals surface area (Å²) in [6, 6.07) is 0. The molecule has 0 aromatic rings. The van der Waals surface area contributed by atoms with Gasteiger partial charge in [-0.3, -0.25) is 4.90 Å². The summed E-state index contributed by atoms with van der Waals surface area (Å²) in [6.07, 6.45) is 3.69. The summed E-state index contributed by atoms with van der Waals surface area (Å²) in [7, 11) is 4.30. The minimum absolute atomic E-state index is 0.257. The highest BCUT2D eigenvalue weighted by atomic mass is 15.2. The topological polar surface area (TPSA) is 35.7 Å². The van der Waals surface area contributed by atoms with E-state index in [0.29, 0.717) is 0 Å². The van der Waals surface area contributed by atoms with Crippen LogP contribution in [0.25, 0.3) is 0 Å². The van der Waals surface area contributed by atoms with Crippen molar-refractivity contribution in [3.05, 3.63) is 0 Å². The predicted octanol–water partition coefficient (Wildman–Crippen LogP) is 1.07. The monoisotopic (exact) mass is 270 g/mol. The molecule has 1 saturated heterocycles. The number of piperidine rings is 1. The highest BCUT2D eigenvalue weighted by Crippen LogP contribution is 2.28. The number of likely N-dealkylation sites (tertiary alicyclic amines) is 1. The molecule has 1 heterocycles. The van der Waals surface area contributed by atoms with Crippen LogP contribution in [-0.4, -0.2) is 80.1 Å². The minimum atomic E-state index is 0.257. The smallest absolute Gasteiger partial charge is 0.0355 e. The van der Waals surface area contributed by atoms with E-state index in [0.717, 1.165) is 19.6 Å². The van der Waals surface area contributed by atoms with Crippen LogP contribution < -0.4 is 5.73 Å².